The predicted molar refractivity (Wildman–Crippen MR) is 92.9 cm³/mol. The highest BCUT2D eigenvalue weighted by Crippen LogP contribution is 2.61. The number of hydrogen-bond donors (Lipinski definition) is 0. The van der Waals surface area contributed by atoms with Crippen LogP contribution in [0.15, 0.2) is 24.3 Å². The number of rotatable bonds is 9. The molecule has 1 aliphatic heterocycles. The summed E-state index contributed by atoms with van der Waals surface area (Å²) in [6, 6.07) is 3.24. The van der Waals surface area contributed by atoms with Gasteiger partial charge >= 0.3 is 45.2 Å². The number of halogens is 13. The molecule has 0 aromatic heterocycles. The Morgan fingerprint density at radius 1 is 0.722 bits per heavy atom. The monoisotopic (exact) mass is 575 g/mol. The average molecular weight is 575 g/mol. The fourth-order valence-electron chi connectivity index (χ4n) is 2.76. The molecule has 0 saturated carbocycles. The fraction of sp³-hybridized carbons (Fsp3) is 0.647. The minimum absolute atomic E-state index is 0.208. The lowest BCUT2D eigenvalue weighted by Crippen LogP contribution is -2.71. The summed E-state index contributed by atoms with van der Waals surface area (Å²) in [4.78, 5) is 1.82. The molecule has 36 heavy (non-hydrogen) atoms. The minimum atomic E-state index is -8.25. The lowest BCUT2D eigenvalue weighted by Gasteiger charge is -2.38. The Bertz CT molecular complexity index is 1020. The molecule has 1 fully saturated rings. The van der Waals surface area contributed by atoms with Gasteiger partial charge in [0.1, 0.15) is 5.75 Å². The van der Waals surface area contributed by atoms with Gasteiger partial charge in [0, 0.05) is 19.6 Å². The van der Waals surface area contributed by atoms with E-state index in [-0.39, 0.29) is 6.54 Å². The maximum atomic E-state index is 13.9. The van der Waals surface area contributed by atoms with Crippen molar-refractivity contribution in [3.63, 3.8) is 0 Å². The molecule has 0 radical (unpaired) electrons. The van der Waals surface area contributed by atoms with Crippen molar-refractivity contribution < 1.29 is 74.4 Å². The lowest BCUT2D eigenvalue weighted by atomic mass is 9.98. The highest BCUT2D eigenvalue weighted by atomic mass is 32.2. The number of benzene rings is 1. The van der Waals surface area contributed by atoms with Gasteiger partial charge in [0.15, 0.2) is 0 Å². The zero-order valence-corrected chi connectivity index (χ0v) is 18.1. The van der Waals surface area contributed by atoms with E-state index in [0.29, 0.717) is 44.0 Å². The van der Waals surface area contributed by atoms with Crippen LogP contribution in [0.3, 0.4) is 0 Å². The Morgan fingerprint density at radius 3 is 1.61 bits per heavy atom. The topological polar surface area (TPSA) is 55.8 Å². The minimum Gasteiger partial charge on any atom is -0.379 e. The molecule has 0 amide bonds. The highest BCUT2D eigenvalue weighted by molar-refractivity contribution is 7.88. The van der Waals surface area contributed by atoms with Crippen LogP contribution in [0.4, 0.5) is 57.1 Å². The van der Waals surface area contributed by atoms with Crippen molar-refractivity contribution in [3.05, 3.63) is 29.8 Å². The van der Waals surface area contributed by atoms with Gasteiger partial charge in [-0.3, -0.25) is 4.90 Å². The van der Waals surface area contributed by atoms with Crippen LogP contribution in [0.2, 0.25) is 0 Å². The Labute approximate surface area is 193 Å². The molecule has 0 atom stereocenters. The van der Waals surface area contributed by atoms with Crippen molar-refractivity contribution in [2.45, 2.75) is 41.7 Å². The smallest absolute Gasteiger partial charge is 0.379 e. The summed E-state index contributed by atoms with van der Waals surface area (Å²) in [7, 11) is -7.38. The second-order valence-electron chi connectivity index (χ2n) is 7.38. The molecule has 1 heterocycles. The van der Waals surface area contributed by atoms with Gasteiger partial charge in [0.2, 0.25) is 0 Å². The standard InChI is InChI=1S/C17H14F13NO4S/c18-12(19,14(22,23)16(26,27)28)13(20,21)15(24,25)17(29,30)36(32,33)35-11-3-1-10(2-4-11)9-31-5-7-34-8-6-31/h1-4H,5-9H2. The van der Waals surface area contributed by atoms with E-state index >= 15 is 0 Å². The summed E-state index contributed by atoms with van der Waals surface area (Å²) in [6.07, 6.45) is -7.61. The molecular formula is C17H14F13NO4S. The van der Waals surface area contributed by atoms with Gasteiger partial charge in [0.05, 0.1) is 13.2 Å². The summed E-state index contributed by atoms with van der Waals surface area (Å²) < 4.78 is 203. The first kappa shape index (κ1) is 30.2. The molecule has 1 aromatic carbocycles. The van der Waals surface area contributed by atoms with Crippen LogP contribution in [0.1, 0.15) is 5.56 Å². The molecule has 1 saturated heterocycles. The van der Waals surface area contributed by atoms with Crippen molar-refractivity contribution in [1.29, 1.82) is 0 Å². The molecule has 0 bridgehead atoms. The molecular weight excluding hydrogens is 561 g/mol. The van der Waals surface area contributed by atoms with Gasteiger partial charge in [0.25, 0.3) is 0 Å². The van der Waals surface area contributed by atoms with Crippen LogP contribution in [-0.2, 0) is 21.4 Å². The summed E-state index contributed by atoms with van der Waals surface area (Å²) in [5.41, 5.74) is 0.388. The second-order valence-corrected chi connectivity index (χ2v) is 8.97. The Morgan fingerprint density at radius 2 is 1.17 bits per heavy atom. The maximum Gasteiger partial charge on any atom is 0.460 e. The molecule has 0 N–H and O–H groups in total. The Hall–Kier alpha value is -2.02. The van der Waals surface area contributed by atoms with Gasteiger partial charge in [-0.1, -0.05) is 12.1 Å². The zero-order valence-electron chi connectivity index (χ0n) is 17.2. The molecule has 1 aliphatic rings. The van der Waals surface area contributed by atoms with Crippen molar-refractivity contribution in [2.24, 2.45) is 0 Å². The van der Waals surface area contributed by atoms with E-state index < -0.39 is 51.0 Å². The van der Waals surface area contributed by atoms with Crippen molar-refractivity contribution in [1.82, 2.24) is 4.90 Å². The molecule has 1 aromatic rings. The number of hydrogen-bond acceptors (Lipinski definition) is 5. The lowest BCUT2D eigenvalue weighted by molar-refractivity contribution is -0.433. The maximum absolute atomic E-state index is 13.9. The van der Waals surface area contributed by atoms with Crippen LogP contribution in [0.25, 0.3) is 0 Å². The normalized spacial score (nSPS) is 17.8. The van der Waals surface area contributed by atoms with E-state index in [4.69, 9.17) is 4.74 Å². The van der Waals surface area contributed by atoms with E-state index in [1.54, 1.807) is 0 Å². The van der Waals surface area contributed by atoms with E-state index in [2.05, 4.69) is 4.18 Å². The molecule has 0 aliphatic carbocycles. The fourth-order valence-corrected chi connectivity index (χ4v) is 3.67. The first-order valence-electron chi connectivity index (χ1n) is 9.32. The largest absolute Gasteiger partial charge is 0.460 e. The van der Waals surface area contributed by atoms with Gasteiger partial charge in [-0.2, -0.15) is 65.5 Å². The van der Waals surface area contributed by atoms with Crippen LogP contribution >= 0.6 is 0 Å². The third kappa shape index (κ3) is 4.92. The summed E-state index contributed by atoms with van der Waals surface area (Å²) >= 11 is 0. The van der Waals surface area contributed by atoms with Gasteiger partial charge in [-0.25, -0.2) is 0 Å². The van der Waals surface area contributed by atoms with Gasteiger partial charge < -0.3 is 8.92 Å². The average Bonchev–Trinajstić information content (AvgIpc) is 2.74. The first-order valence-corrected chi connectivity index (χ1v) is 10.7. The van der Waals surface area contributed by atoms with E-state index in [1.807, 2.05) is 4.90 Å². The SMILES string of the molecule is O=S(=O)(Oc1ccc(CN2CCOCC2)cc1)C(F)(F)C(F)(F)C(F)(F)C(F)(F)C(F)(F)C(F)(F)F. The van der Waals surface area contributed by atoms with Crippen LogP contribution in [-0.4, -0.2) is 74.7 Å². The third-order valence-electron chi connectivity index (χ3n) is 4.86. The van der Waals surface area contributed by atoms with Crippen molar-refractivity contribution in [2.75, 3.05) is 26.3 Å². The zero-order chi connectivity index (χ0) is 28.0. The van der Waals surface area contributed by atoms with E-state index in [1.165, 1.54) is 0 Å². The van der Waals surface area contributed by atoms with E-state index in [9.17, 15) is 65.5 Å². The molecule has 5 nitrogen and oxygen atoms in total. The molecule has 0 unspecified atom stereocenters. The van der Waals surface area contributed by atoms with Gasteiger partial charge in [-0.15, -0.1) is 0 Å². The quantitative estimate of drug-likeness (QED) is 0.309. The Balaban J connectivity index is 2.32. The molecule has 208 valence electrons. The molecule has 19 heteroatoms. The van der Waals surface area contributed by atoms with E-state index in [0.717, 1.165) is 12.1 Å². The predicted octanol–water partition coefficient (Wildman–Crippen LogP) is 4.92. The first-order chi connectivity index (χ1) is 16.0. The number of morpholine rings is 1. The summed E-state index contributed by atoms with van der Waals surface area (Å²) in [5, 5.41) is -7.42. The number of ether oxygens (including phenoxy) is 1. The Kier molecular flexibility index (Phi) is 7.87. The van der Waals surface area contributed by atoms with Crippen LogP contribution in [0.5, 0.6) is 5.75 Å². The van der Waals surface area contributed by atoms with Crippen LogP contribution < -0.4 is 4.18 Å². The second kappa shape index (κ2) is 9.38. The summed E-state index contributed by atoms with van der Waals surface area (Å²) in [5.74, 6) is -33.7. The summed E-state index contributed by atoms with van der Waals surface area (Å²) in [6.45, 7) is 1.91. The number of alkyl halides is 13. The van der Waals surface area contributed by atoms with Crippen molar-refractivity contribution >= 4 is 10.1 Å². The number of nitrogens with zero attached hydrogens (tertiary/aromatic N) is 1. The van der Waals surface area contributed by atoms with Crippen LogP contribution in [0, 0.1) is 0 Å². The van der Waals surface area contributed by atoms with Crippen molar-refractivity contribution in [3.8, 4) is 5.75 Å². The molecule has 0 spiro atoms. The third-order valence-corrected chi connectivity index (χ3v) is 6.15. The van der Waals surface area contributed by atoms with Gasteiger partial charge in [-0.05, 0) is 17.7 Å². The highest BCUT2D eigenvalue weighted by Gasteiger charge is 2.93. The molecule has 2 rings (SSSR count).